The van der Waals surface area contributed by atoms with Crippen molar-refractivity contribution in [1.82, 2.24) is 4.57 Å². The molecule has 2 aromatic carbocycles. The van der Waals surface area contributed by atoms with E-state index < -0.39 is 0 Å². The number of nitrogens with zero attached hydrogens (tertiary/aromatic N) is 1. The number of hydrogen-bond donors (Lipinski definition) is 1. The van der Waals surface area contributed by atoms with Crippen LogP contribution >= 0.6 is 0 Å². The summed E-state index contributed by atoms with van der Waals surface area (Å²) >= 11 is 0. The summed E-state index contributed by atoms with van der Waals surface area (Å²) in [5, 5.41) is 11.6. The van der Waals surface area contributed by atoms with Crippen LogP contribution < -0.4 is 0 Å². The van der Waals surface area contributed by atoms with E-state index in [4.69, 9.17) is 0 Å². The zero-order chi connectivity index (χ0) is 12.8. The monoisotopic (exact) mass is 249 g/mol. The van der Waals surface area contributed by atoms with Crippen molar-refractivity contribution in [3.8, 4) is 0 Å². The fourth-order valence-corrected chi connectivity index (χ4v) is 3.24. The molecule has 2 atom stereocenters. The number of aliphatic hydroxyl groups is 1. The molecule has 0 spiro atoms. The number of rotatable bonds is 1. The molecular formula is C17H15NO. The predicted molar refractivity (Wildman–Crippen MR) is 76.2 cm³/mol. The van der Waals surface area contributed by atoms with E-state index in [9.17, 15) is 5.11 Å². The Morgan fingerprint density at radius 3 is 2.68 bits per heavy atom. The molecule has 3 aromatic rings. The quantitative estimate of drug-likeness (QED) is 0.704. The largest absolute Gasteiger partial charge is 0.390 e. The molecular weight excluding hydrogens is 234 g/mol. The van der Waals surface area contributed by atoms with Crippen LogP contribution in [0.1, 0.15) is 17.2 Å². The maximum absolute atomic E-state index is 10.4. The van der Waals surface area contributed by atoms with Crippen molar-refractivity contribution in [3.05, 3.63) is 71.9 Å². The molecule has 1 aliphatic carbocycles. The Hall–Kier alpha value is -2.06. The number of benzene rings is 2. The third kappa shape index (κ3) is 1.53. The molecule has 1 heterocycles. The van der Waals surface area contributed by atoms with E-state index in [0.29, 0.717) is 0 Å². The summed E-state index contributed by atoms with van der Waals surface area (Å²) in [5.41, 5.74) is 3.69. The Balaban J connectivity index is 1.93. The van der Waals surface area contributed by atoms with Gasteiger partial charge >= 0.3 is 0 Å². The van der Waals surface area contributed by atoms with Gasteiger partial charge in [0.05, 0.1) is 12.1 Å². The summed E-state index contributed by atoms with van der Waals surface area (Å²) in [6, 6.07) is 18.8. The van der Waals surface area contributed by atoms with E-state index in [1.165, 1.54) is 22.0 Å². The minimum atomic E-state index is -0.340. The lowest BCUT2D eigenvalue weighted by atomic mass is 10.1. The Bertz CT molecular complexity index is 744. The first-order chi connectivity index (χ1) is 9.34. The summed E-state index contributed by atoms with van der Waals surface area (Å²) in [6.07, 6.45) is 2.49. The van der Waals surface area contributed by atoms with Gasteiger partial charge in [0.15, 0.2) is 0 Å². The van der Waals surface area contributed by atoms with Gasteiger partial charge in [-0.25, -0.2) is 0 Å². The molecule has 1 aromatic heterocycles. The zero-order valence-electron chi connectivity index (χ0n) is 10.5. The molecule has 19 heavy (non-hydrogen) atoms. The molecule has 0 saturated carbocycles. The first-order valence-corrected chi connectivity index (χ1v) is 6.66. The molecule has 4 rings (SSSR count). The van der Waals surface area contributed by atoms with Crippen LogP contribution in [0.2, 0.25) is 0 Å². The zero-order valence-corrected chi connectivity index (χ0v) is 10.5. The second-order valence-electron chi connectivity index (χ2n) is 5.20. The van der Waals surface area contributed by atoms with Crippen LogP contribution in [-0.4, -0.2) is 15.8 Å². The number of aromatic nitrogens is 1. The molecule has 2 heteroatoms. The maximum Gasteiger partial charge on any atom is 0.0851 e. The first kappa shape index (κ1) is 10.8. The summed E-state index contributed by atoms with van der Waals surface area (Å²) in [4.78, 5) is 0. The third-order valence-corrected chi connectivity index (χ3v) is 4.10. The Morgan fingerprint density at radius 1 is 0.947 bits per heavy atom. The lowest BCUT2D eigenvalue weighted by Gasteiger charge is -2.19. The molecule has 2 nitrogen and oxygen atoms in total. The summed E-state index contributed by atoms with van der Waals surface area (Å²) in [6.45, 7) is 0. The lowest BCUT2D eigenvalue weighted by Crippen LogP contribution is -2.20. The molecule has 0 saturated heterocycles. The van der Waals surface area contributed by atoms with Crippen LogP contribution in [-0.2, 0) is 6.42 Å². The Morgan fingerprint density at radius 2 is 1.74 bits per heavy atom. The Labute approximate surface area is 111 Å². The average Bonchev–Trinajstić information content (AvgIpc) is 2.98. The SMILES string of the molecule is OC1Cc2ccccc2C1n1ccc2ccccc21. The fourth-order valence-electron chi connectivity index (χ4n) is 3.24. The molecule has 0 bridgehead atoms. The summed E-state index contributed by atoms with van der Waals surface area (Å²) in [7, 11) is 0. The second kappa shape index (κ2) is 3.97. The fraction of sp³-hybridized carbons (Fsp3) is 0.176. The van der Waals surface area contributed by atoms with Crippen LogP contribution in [0.25, 0.3) is 10.9 Å². The van der Waals surface area contributed by atoms with Crippen LogP contribution in [0.5, 0.6) is 0 Å². The predicted octanol–water partition coefficient (Wildman–Crippen LogP) is 3.15. The Kier molecular flexibility index (Phi) is 2.26. The normalized spacial score (nSPS) is 21.7. The number of para-hydroxylation sites is 1. The van der Waals surface area contributed by atoms with Gasteiger partial charge in [-0.3, -0.25) is 0 Å². The highest BCUT2D eigenvalue weighted by molar-refractivity contribution is 5.80. The lowest BCUT2D eigenvalue weighted by molar-refractivity contribution is 0.146. The van der Waals surface area contributed by atoms with Crippen molar-refractivity contribution in [2.24, 2.45) is 0 Å². The number of fused-ring (bicyclic) bond motifs is 2. The van der Waals surface area contributed by atoms with Gasteiger partial charge < -0.3 is 9.67 Å². The first-order valence-electron chi connectivity index (χ1n) is 6.66. The van der Waals surface area contributed by atoms with Crippen molar-refractivity contribution in [2.45, 2.75) is 18.6 Å². The minimum absolute atomic E-state index is 0.0381. The summed E-state index contributed by atoms with van der Waals surface area (Å²) in [5.74, 6) is 0. The molecule has 1 aliphatic rings. The van der Waals surface area contributed by atoms with E-state index in [1.54, 1.807) is 0 Å². The molecule has 1 N–H and O–H groups in total. The highest BCUT2D eigenvalue weighted by Crippen LogP contribution is 2.36. The van der Waals surface area contributed by atoms with Gasteiger partial charge in [0, 0.05) is 18.1 Å². The third-order valence-electron chi connectivity index (χ3n) is 4.10. The van der Waals surface area contributed by atoms with Crippen LogP contribution in [0, 0.1) is 0 Å². The number of aliphatic hydroxyl groups excluding tert-OH is 1. The van der Waals surface area contributed by atoms with Crippen molar-refractivity contribution in [3.63, 3.8) is 0 Å². The van der Waals surface area contributed by atoms with Crippen molar-refractivity contribution in [2.75, 3.05) is 0 Å². The van der Waals surface area contributed by atoms with E-state index in [0.717, 1.165) is 6.42 Å². The maximum atomic E-state index is 10.4. The smallest absolute Gasteiger partial charge is 0.0851 e. The second-order valence-corrected chi connectivity index (χ2v) is 5.20. The standard InChI is InChI=1S/C17H15NO/c19-16-11-13-6-1-3-7-14(13)17(16)18-10-9-12-5-2-4-8-15(12)18/h1-10,16-17,19H,11H2. The van der Waals surface area contributed by atoms with Crippen LogP contribution in [0.15, 0.2) is 60.8 Å². The molecule has 0 aliphatic heterocycles. The van der Waals surface area contributed by atoms with Gasteiger partial charge in [-0.1, -0.05) is 42.5 Å². The average molecular weight is 249 g/mol. The van der Waals surface area contributed by atoms with Gasteiger partial charge in [0.1, 0.15) is 0 Å². The van der Waals surface area contributed by atoms with E-state index in [-0.39, 0.29) is 12.1 Å². The highest BCUT2D eigenvalue weighted by Gasteiger charge is 2.32. The van der Waals surface area contributed by atoms with Gasteiger partial charge in [-0.05, 0) is 28.6 Å². The molecule has 0 radical (unpaired) electrons. The molecule has 94 valence electrons. The van der Waals surface area contributed by atoms with Crippen molar-refractivity contribution < 1.29 is 5.11 Å². The van der Waals surface area contributed by atoms with Gasteiger partial charge in [0.25, 0.3) is 0 Å². The molecule has 0 amide bonds. The van der Waals surface area contributed by atoms with E-state index in [2.05, 4.69) is 47.2 Å². The summed E-state index contributed by atoms with van der Waals surface area (Å²) < 4.78 is 2.20. The van der Waals surface area contributed by atoms with Crippen molar-refractivity contribution >= 4 is 10.9 Å². The van der Waals surface area contributed by atoms with Gasteiger partial charge in [-0.2, -0.15) is 0 Å². The minimum Gasteiger partial charge on any atom is -0.390 e. The van der Waals surface area contributed by atoms with Crippen LogP contribution in [0.3, 0.4) is 0 Å². The van der Waals surface area contributed by atoms with Crippen LogP contribution in [0.4, 0.5) is 0 Å². The molecule has 2 unspecified atom stereocenters. The van der Waals surface area contributed by atoms with Crippen molar-refractivity contribution in [1.29, 1.82) is 0 Å². The van der Waals surface area contributed by atoms with E-state index >= 15 is 0 Å². The van der Waals surface area contributed by atoms with Gasteiger partial charge in [-0.15, -0.1) is 0 Å². The number of hydrogen-bond acceptors (Lipinski definition) is 1. The van der Waals surface area contributed by atoms with Gasteiger partial charge in [0.2, 0.25) is 0 Å². The highest BCUT2D eigenvalue weighted by atomic mass is 16.3. The van der Waals surface area contributed by atoms with E-state index in [1.807, 2.05) is 18.2 Å². The topological polar surface area (TPSA) is 25.2 Å². The molecule has 0 fully saturated rings.